The molecule has 0 aromatic heterocycles. The predicted octanol–water partition coefficient (Wildman–Crippen LogP) is 3.77. The Hall–Kier alpha value is -1.12. The molecule has 1 atom stereocenters. The van der Waals surface area contributed by atoms with Gasteiger partial charge in [0, 0.05) is 0 Å². The highest BCUT2D eigenvalue weighted by Gasteiger charge is 2.32. The second-order valence-electron chi connectivity index (χ2n) is 4.95. The smallest absolute Gasteiger partial charge is 0.317 e. The maximum atomic E-state index is 11.2. The minimum absolute atomic E-state index is 0.165. The van der Waals surface area contributed by atoms with Crippen LogP contribution in [0.3, 0.4) is 0 Å². The molecule has 1 heterocycles. The number of rotatable bonds is 9. The Bertz CT molecular complexity index is 294. The number of hydrogen-bond acceptors (Lipinski definition) is 3. The fourth-order valence-corrected chi connectivity index (χ4v) is 2.15. The van der Waals surface area contributed by atoms with Crippen molar-refractivity contribution in [3.63, 3.8) is 0 Å². The Balaban J connectivity index is 1.93. The molecule has 1 saturated heterocycles. The SMILES string of the molecule is CCC/C=C/CCCCCCC1CC(=O)OC1=O. The second kappa shape index (κ2) is 8.90. The summed E-state index contributed by atoms with van der Waals surface area (Å²) < 4.78 is 4.52. The second-order valence-corrected chi connectivity index (χ2v) is 4.95. The van der Waals surface area contributed by atoms with E-state index < -0.39 is 0 Å². The lowest BCUT2D eigenvalue weighted by atomic mass is 9.99. The molecule has 0 spiro atoms. The van der Waals surface area contributed by atoms with Gasteiger partial charge in [0.1, 0.15) is 0 Å². The van der Waals surface area contributed by atoms with E-state index in [-0.39, 0.29) is 17.9 Å². The maximum absolute atomic E-state index is 11.2. The summed E-state index contributed by atoms with van der Waals surface area (Å²) in [6.45, 7) is 2.18. The Morgan fingerprint density at radius 1 is 1.11 bits per heavy atom. The summed E-state index contributed by atoms with van der Waals surface area (Å²) >= 11 is 0. The van der Waals surface area contributed by atoms with Crippen LogP contribution in [0, 0.1) is 5.92 Å². The average molecular weight is 252 g/mol. The molecule has 0 saturated carbocycles. The Labute approximate surface area is 110 Å². The van der Waals surface area contributed by atoms with Gasteiger partial charge in [0.15, 0.2) is 0 Å². The lowest BCUT2D eigenvalue weighted by molar-refractivity contribution is -0.153. The number of hydrogen-bond donors (Lipinski definition) is 0. The lowest BCUT2D eigenvalue weighted by Gasteiger charge is -2.03. The van der Waals surface area contributed by atoms with E-state index in [1.807, 2.05) is 0 Å². The van der Waals surface area contributed by atoms with Gasteiger partial charge < -0.3 is 4.74 Å². The third kappa shape index (κ3) is 5.99. The zero-order valence-corrected chi connectivity index (χ0v) is 11.3. The summed E-state index contributed by atoms with van der Waals surface area (Å²) in [4.78, 5) is 22.1. The molecular formula is C15H24O3. The van der Waals surface area contributed by atoms with Crippen LogP contribution in [0.25, 0.3) is 0 Å². The molecule has 102 valence electrons. The van der Waals surface area contributed by atoms with E-state index in [1.54, 1.807) is 0 Å². The quantitative estimate of drug-likeness (QED) is 0.271. The molecule has 3 nitrogen and oxygen atoms in total. The Morgan fingerprint density at radius 3 is 2.50 bits per heavy atom. The topological polar surface area (TPSA) is 43.4 Å². The van der Waals surface area contributed by atoms with Crippen molar-refractivity contribution in [3.05, 3.63) is 12.2 Å². The Morgan fingerprint density at radius 2 is 1.83 bits per heavy atom. The fraction of sp³-hybridized carbons (Fsp3) is 0.733. The van der Waals surface area contributed by atoms with E-state index in [1.165, 1.54) is 25.7 Å². The third-order valence-electron chi connectivity index (χ3n) is 3.26. The van der Waals surface area contributed by atoms with Crippen LogP contribution in [0.4, 0.5) is 0 Å². The monoisotopic (exact) mass is 252 g/mol. The standard InChI is InChI=1S/C15H24O3/c1-2-3-4-5-6-7-8-9-10-11-13-12-14(16)18-15(13)17/h4-5,13H,2-3,6-12H2,1H3/b5-4+. The van der Waals surface area contributed by atoms with E-state index in [0.29, 0.717) is 6.42 Å². The summed E-state index contributed by atoms with van der Waals surface area (Å²) in [7, 11) is 0. The van der Waals surface area contributed by atoms with Crippen LogP contribution in [0.1, 0.15) is 64.7 Å². The first kappa shape index (κ1) is 14.9. The molecule has 0 aromatic rings. The molecular weight excluding hydrogens is 228 g/mol. The van der Waals surface area contributed by atoms with Gasteiger partial charge in [-0.3, -0.25) is 9.59 Å². The van der Waals surface area contributed by atoms with Crippen LogP contribution in [-0.4, -0.2) is 11.9 Å². The van der Waals surface area contributed by atoms with E-state index in [9.17, 15) is 9.59 Å². The Kier molecular flexibility index (Phi) is 7.38. The minimum Gasteiger partial charge on any atom is -0.393 e. The lowest BCUT2D eigenvalue weighted by Crippen LogP contribution is -2.06. The first-order valence-electron chi connectivity index (χ1n) is 7.13. The molecule has 0 amide bonds. The first-order valence-corrected chi connectivity index (χ1v) is 7.13. The molecule has 1 rings (SSSR count). The molecule has 1 unspecified atom stereocenters. The number of ether oxygens (including phenoxy) is 1. The molecule has 0 aromatic carbocycles. The number of unbranched alkanes of at least 4 members (excludes halogenated alkanes) is 5. The van der Waals surface area contributed by atoms with Crippen molar-refractivity contribution in [1.82, 2.24) is 0 Å². The van der Waals surface area contributed by atoms with Crippen LogP contribution >= 0.6 is 0 Å². The molecule has 18 heavy (non-hydrogen) atoms. The molecule has 0 radical (unpaired) electrons. The zero-order chi connectivity index (χ0) is 13.2. The summed E-state index contributed by atoms with van der Waals surface area (Å²) in [5.74, 6) is -0.837. The number of carbonyl (C=O) groups excluding carboxylic acids is 2. The number of allylic oxidation sites excluding steroid dienone is 2. The minimum atomic E-state index is -0.355. The molecule has 0 bridgehead atoms. The summed E-state index contributed by atoms with van der Waals surface area (Å²) in [5.41, 5.74) is 0. The maximum Gasteiger partial charge on any atom is 0.317 e. The number of esters is 2. The van der Waals surface area contributed by atoms with Crippen LogP contribution in [0.15, 0.2) is 12.2 Å². The van der Waals surface area contributed by atoms with Crippen LogP contribution in [-0.2, 0) is 14.3 Å². The van der Waals surface area contributed by atoms with Gasteiger partial charge in [0.25, 0.3) is 0 Å². The largest absolute Gasteiger partial charge is 0.393 e. The normalized spacial score (nSPS) is 19.7. The highest BCUT2D eigenvalue weighted by Crippen LogP contribution is 2.22. The molecule has 1 fully saturated rings. The van der Waals surface area contributed by atoms with E-state index in [4.69, 9.17) is 0 Å². The molecule has 1 aliphatic heterocycles. The molecule has 3 heteroatoms. The molecule has 0 aliphatic carbocycles. The van der Waals surface area contributed by atoms with E-state index in [2.05, 4.69) is 23.8 Å². The number of cyclic esters (lactones) is 2. The molecule has 0 N–H and O–H groups in total. The third-order valence-corrected chi connectivity index (χ3v) is 3.26. The highest BCUT2D eigenvalue weighted by atomic mass is 16.6. The van der Waals surface area contributed by atoms with E-state index in [0.717, 1.165) is 25.7 Å². The van der Waals surface area contributed by atoms with E-state index >= 15 is 0 Å². The van der Waals surface area contributed by atoms with Crippen molar-refractivity contribution < 1.29 is 14.3 Å². The number of carbonyl (C=O) groups is 2. The van der Waals surface area contributed by atoms with Gasteiger partial charge in [0.05, 0.1) is 12.3 Å². The van der Waals surface area contributed by atoms with Crippen molar-refractivity contribution in [1.29, 1.82) is 0 Å². The average Bonchev–Trinajstić information content (AvgIpc) is 2.66. The first-order chi connectivity index (χ1) is 8.74. The van der Waals surface area contributed by atoms with Crippen molar-refractivity contribution >= 4 is 11.9 Å². The van der Waals surface area contributed by atoms with Gasteiger partial charge in [-0.05, 0) is 25.7 Å². The van der Waals surface area contributed by atoms with Crippen LogP contribution in [0.2, 0.25) is 0 Å². The van der Waals surface area contributed by atoms with Gasteiger partial charge in [0.2, 0.25) is 0 Å². The summed E-state index contributed by atoms with van der Waals surface area (Å²) in [5, 5.41) is 0. The fourth-order valence-electron chi connectivity index (χ4n) is 2.15. The molecule has 1 aliphatic rings. The van der Waals surface area contributed by atoms with Gasteiger partial charge in [-0.1, -0.05) is 44.8 Å². The van der Waals surface area contributed by atoms with Crippen LogP contribution < -0.4 is 0 Å². The van der Waals surface area contributed by atoms with Crippen molar-refractivity contribution in [3.8, 4) is 0 Å². The van der Waals surface area contributed by atoms with Crippen molar-refractivity contribution in [2.45, 2.75) is 64.7 Å². The summed E-state index contributed by atoms with van der Waals surface area (Å²) in [6.07, 6.45) is 13.7. The van der Waals surface area contributed by atoms with Gasteiger partial charge in [-0.15, -0.1) is 0 Å². The summed E-state index contributed by atoms with van der Waals surface area (Å²) in [6, 6.07) is 0. The van der Waals surface area contributed by atoms with Gasteiger partial charge in [-0.25, -0.2) is 0 Å². The van der Waals surface area contributed by atoms with Crippen molar-refractivity contribution in [2.24, 2.45) is 5.92 Å². The van der Waals surface area contributed by atoms with Crippen LogP contribution in [0.5, 0.6) is 0 Å². The van der Waals surface area contributed by atoms with Crippen molar-refractivity contribution in [2.75, 3.05) is 0 Å². The zero-order valence-electron chi connectivity index (χ0n) is 11.3. The predicted molar refractivity (Wildman–Crippen MR) is 71.0 cm³/mol. The van der Waals surface area contributed by atoms with Gasteiger partial charge in [-0.2, -0.15) is 0 Å². The van der Waals surface area contributed by atoms with Gasteiger partial charge >= 0.3 is 11.9 Å². The highest BCUT2D eigenvalue weighted by molar-refractivity contribution is 5.94.